The molecule has 1 aromatic carbocycles. The summed E-state index contributed by atoms with van der Waals surface area (Å²) < 4.78 is 29.7. The second-order valence-electron chi connectivity index (χ2n) is 5.75. The van der Waals surface area contributed by atoms with E-state index < -0.39 is 21.6 Å². The van der Waals surface area contributed by atoms with Crippen LogP contribution in [0.4, 0.5) is 5.69 Å². The molecule has 5 nitrogen and oxygen atoms in total. The molecule has 0 fully saturated rings. The first-order valence-electron chi connectivity index (χ1n) is 6.31. The van der Waals surface area contributed by atoms with Crippen molar-refractivity contribution in [3.8, 4) is 0 Å². The molecule has 0 heterocycles. The molecule has 1 rings (SSSR count). The van der Waals surface area contributed by atoms with Gasteiger partial charge in [-0.05, 0) is 44.5 Å². The van der Waals surface area contributed by atoms with Gasteiger partial charge in [0.1, 0.15) is 5.60 Å². The molecular formula is C14H20BrNO4S. The Morgan fingerprint density at radius 1 is 1.29 bits per heavy atom. The van der Waals surface area contributed by atoms with Gasteiger partial charge in [0.2, 0.25) is 10.0 Å². The minimum absolute atomic E-state index is 0.326. The fraction of sp³-hybridized carbons (Fsp3) is 0.500. The zero-order valence-corrected chi connectivity index (χ0v) is 15.2. The fourth-order valence-corrected chi connectivity index (χ4v) is 2.39. The SMILES string of the molecule is CN(c1cc(CBr)cc(C(=O)OC(C)(C)C)c1)S(C)(=O)=O. The van der Waals surface area contributed by atoms with Crippen LogP contribution < -0.4 is 4.31 Å². The lowest BCUT2D eigenvalue weighted by molar-refractivity contribution is 0.00694. The summed E-state index contributed by atoms with van der Waals surface area (Å²) >= 11 is 3.32. The van der Waals surface area contributed by atoms with Gasteiger partial charge in [0.15, 0.2) is 0 Å². The summed E-state index contributed by atoms with van der Waals surface area (Å²) in [6.07, 6.45) is 1.11. The number of carbonyl (C=O) groups excluding carboxylic acids is 1. The third-order valence-corrected chi connectivity index (χ3v) is 4.48. The molecule has 21 heavy (non-hydrogen) atoms. The van der Waals surface area contributed by atoms with E-state index in [1.807, 2.05) is 0 Å². The highest BCUT2D eigenvalue weighted by Gasteiger charge is 2.20. The molecule has 0 aliphatic heterocycles. The zero-order valence-electron chi connectivity index (χ0n) is 12.8. The molecule has 0 saturated carbocycles. The van der Waals surface area contributed by atoms with Crippen LogP contribution in [0.2, 0.25) is 0 Å². The molecule has 0 bridgehead atoms. The Hall–Kier alpha value is -1.08. The van der Waals surface area contributed by atoms with E-state index in [9.17, 15) is 13.2 Å². The van der Waals surface area contributed by atoms with Crippen LogP contribution in [0, 0.1) is 0 Å². The van der Waals surface area contributed by atoms with Crippen LogP contribution in [0.15, 0.2) is 18.2 Å². The van der Waals surface area contributed by atoms with Gasteiger partial charge in [0.05, 0.1) is 17.5 Å². The summed E-state index contributed by atoms with van der Waals surface area (Å²) in [5.41, 5.74) is 0.941. The van der Waals surface area contributed by atoms with Crippen molar-refractivity contribution in [3.05, 3.63) is 29.3 Å². The largest absolute Gasteiger partial charge is 0.456 e. The van der Waals surface area contributed by atoms with Crippen molar-refractivity contribution >= 4 is 37.6 Å². The minimum atomic E-state index is -3.39. The van der Waals surface area contributed by atoms with Crippen LogP contribution in [0.3, 0.4) is 0 Å². The van der Waals surface area contributed by atoms with E-state index in [-0.39, 0.29) is 0 Å². The van der Waals surface area contributed by atoms with E-state index in [1.165, 1.54) is 13.1 Å². The molecule has 1 aromatic rings. The van der Waals surface area contributed by atoms with Gasteiger partial charge in [-0.3, -0.25) is 4.31 Å². The second kappa shape index (κ2) is 6.36. The average molecular weight is 378 g/mol. The number of benzene rings is 1. The van der Waals surface area contributed by atoms with Crippen LogP contribution >= 0.6 is 15.9 Å². The molecule has 0 aliphatic carbocycles. The monoisotopic (exact) mass is 377 g/mol. The maximum Gasteiger partial charge on any atom is 0.338 e. The number of hydrogen-bond acceptors (Lipinski definition) is 4. The molecule has 118 valence electrons. The van der Waals surface area contributed by atoms with Crippen LogP contribution in [-0.2, 0) is 20.1 Å². The molecule has 0 unspecified atom stereocenters. The third-order valence-electron chi connectivity index (χ3n) is 2.63. The Labute approximate surface area is 134 Å². The number of sulfonamides is 1. The number of hydrogen-bond donors (Lipinski definition) is 0. The van der Waals surface area contributed by atoms with Crippen molar-refractivity contribution in [2.75, 3.05) is 17.6 Å². The van der Waals surface area contributed by atoms with Gasteiger partial charge in [-0.1, -0.05) is 15.9 Å². The van der Waals surface area contributed by atoms with Gasteiger partial charge < -0.3 is 4.74 Å². The molecule has 0 saturated heterocycles. The Morgan fingerprint density at radius 3 is 2.29 bits per heavy atom. The predicted molar refractivity (Wildman–Crippen MR) is 87.5 cm³/mol. The van der Waals surface area contributed by atoms with Crippen molar-refractivity contribution in [1.29, 1.82) is 0 Å². The van der Waals surface area contributed by atoms with Crippen LogP contribution in [0.5, 0.6) is 0 Å². The standard InChI is InChI=1S/C14H20BrNO4S/c1-14(2,3)20-13(17)11-6-10(9-15)7-12(8-11)16(4)21(5,18)19/h6-8H,9H2,1-5H3. The molecule has 0 aliphatic rings. The molecule has 0 atom stereocenters. The smallest absolute Gasteiger partial charge is 0.338 e. The van der Waals surface area contributed by atoms with Gasteiger partial charge in [-0.15, -0.1) is 0 Å². The van der Waals surface area contributed by atoms with Gasteiger partial charge >= 0.3 is 5.97 Å². The number of anilines is 1. The summed E-state index contributed by atoms with van der Waals surface area (Å²) in [5.74, 6) is -0.478. The maximum absolute atomic E-state index is 12.1. The first-order valence-corrected chi connectivity index (χ1v) is 9.28. The van der Waals surface area contributed by atoms with E-state index in [2.05, 4.69) is 15.9 Å². The van der Waals surface area contributed by atoms with Crippen molar-refractivity contribution < 1.29 is 17.9 Å². The summed E-state index contributed by atoms with van der Waals surface area (Å²) in [7, 11) is -1.95. The van der Waals surface area contributed by atoms with Gasteiger partial charge in [-0.25, -0.2) is 13.2 Å². The van der Waals surface area contributed by atoms with E-state index in [0.29, 0.717) is 16.6 Å². The molecule has 7 heteroatoms. The normalized spacial score (nSPS) is 12.1. The number of halogens is 1. The van der Waals surface area contributed by atoms with Crippen molar-refractivity contribution in [2.24, 2.45) is 0 Å². The number of nitrogens with zero attached hydrogens (tertiary/aromatic N) is 1. The summed E-state index contributed by atoms with van der Waals surface area (Å²) in [6, 6.07) is 4.91. The van der Waals surface area contributed by atoms with Gasteiger partial charge in [0, 0.05) is 12.4 Å². The highest BCUT2D eigenvalue weighted by atomic mass is 79.9. The van der Waals surface area contributed by atoms with Crippen LogP contribution in [0.25, 0.3) is 0 Å². The third kappa shape index (κ3) is 5.32. The fourth-order valence-electron chi connectivity index (χ4n) is 1.58. The maximum atomic E-state index is 12.1. The van der Waals surface area contributed by atoms with Crippen LogP contribution in [-0.4, -0.2) is 33.3 Å². The summed E-state index contributed by atoms with van der Waals surface area (Å²) in [6.45, 7) is 5.34. The number of esters is 1. The Bertz CT molecular complexity index is 635. The lowest BCUT2D eigenvalue weighted by Gasteiger charge is -2.21. The Kier molecular flexibility index (Phi) is 5.44. The Morgan fingerprint density at radius 2 is 1.86 bits per heavy atom. The molecule has 0 amide bonds. The minimum Gasteiger partial charge on any atom is -0.456 e. The predicted octanol–water partition coefficient (Wildman–Crippen LogP) is 2.93. The van der Waals surface area contributed by atoms with E-state index >= 15 is 0 Å². The lowest BCUT2D eigenvalue weighted by atomic mass is 10.1. The van der Waals surface area contributed by atoms with E-state index in [0.717, 1.165) is 16.1 Å². The van der Waals surface area contributed by atoms with E-state index in [1.54, 1.807) is 32.9 Å². The van der Waals surface area contributed by atoms with Gasteiger partial charge in [0.25, 0.3) is 0 Å². The van der Waals surface area contributed by atoms with Crippen LogP contribution in [0.1, 0.15) is 36.7 Å². The number of carbonyl (C=O) groups is 1. The molecule has 0 N–H and O–H groups in total. The highest BCUT2D eigenvalue weighted by molar-refractivity contribution is 9.08. The number of ether oxygens (including phenoxy) is 1. The summed E-state index contributed by atoms with van der Waals surface area (Å²) in [4.78, 5) is 12.1. The topological polar surface area (TPSA) is 63.7 Å². The van der Waals surface area contributed by atoms with E-state index in [4.69, 9.17) is 4.74 Å². The lowest BCUT2D eigenvalue weighted by Crippen LogP contribution is -2.26. The highest BCUT2D eigenvalue weighted by Crippen LogP contribution is 2.23. The quantitative estimate of drug-likeness (QED) is 0.597. The molecule has 0 spiro atoms. The molecule has 0 aromatic heterocycles. The molecular weight excluding hydrogens is 358 g/mol. The summed E-state index contributed by atoms with van der Waals surface area (Å²) in [5, 5.41) is 0.508. The molecule has 0 radical (unpaired) electrons. The van der Waals surface area contributed by atoms with Crippen molar-refractivity contribution in [3.63, 3.8) is 0 Å². The second-order valence-corrected chi connectivity index (χ2v) is 8.33. The number of rotatable bonds is 4. The van der Waals surface area contributed by atoms with Gasteiger partial charge in [-0.2, -0.15) is 0 Å². The Balaban J connectivity index is 3.26. The zero-order chi connectivity index (χ0) is 16.4. The number of alkyl halides is 1. The average Bonchev–Trinajstić information content (AvgIpc) is 2.34. The van der Waals surface area contributed by atoms with Crippen molar-refractivity contribution in [2.45, 2.75) is 31.7 Å². The first kappa shape index (κ1) is 18.0. The first-order chi connectivity index (χ1) is 9.44. The van der Waals surface area contributed by atoms with Crippen molar-refractivity contribution in [1.82, 2.24) is 0 Å².